The number of nitrogens with zero attached hydrogens (tertiary/aromatic N) is 4. The van der Waals surface area contributed by atoms with E-state index in [0.717, 1.165) is 25.5 Å². The summed E-state index contributed by atoms with van der Waals surface area (Å²) in [6.07, 6.45) is 6.72. The van der Waals surface area contributed by atoms with Crippen LogP contribution in [0.15, 0.2) is 23.7 Å². The van der Waals surface area contributed by atoms with Gasteiger partial charge in [0.1, 0.15) is 0 Å². The molecule has 2 atom stereocenters. The van der Waals surface area contributed by atoms with E-state index >= 15 is 0 Å². The second-order valence-corrected chi connectivity index (χ2v) is 10.6. The highest BCUT2D eigenvalue weighted by Gasteiger charge is 2.30. The van der Waals surface area contributed by atoms with Crippen molar-refractivity contribution in [1.29, 1.82) is 0 Å². The number of rotatable bonds is 4. The number of imidazole rings is 1. The highest BCUT2D eigenvalue weighted by molar-refractivity contribution is 7.92. The van der Waals surface area contributed by atoms with E-state index in [1.165, 1.54) is 0 Å². The lowest BCUT2D eigenvalue weighted by molar-refractivity contribution is 0.189. The van der Waals surface area contributed by atoms with Gasteiger partial charge in [0.2, 0.25) is 0 Å². The van der Waals surface area contributed by atoms with Gasteiger partial charge in [-0.3, -0.25) is 4.99 Å². The first-order valence-electron chi connectivity index (χ1n) is 8.81. The number of nitrogens with one attached hydrogen (secondary N) is 1. The zero-order valence-corrected chi connectivity index (χ0v) is 16.8. The average molecular weight is 370 g/mol. The molecule has 1 aliphatic heterocycles. The van der Waals surface area contributed by atoms with Crippen LogP contribution in [0.5, 0.6) is 0 Å². The Morgan fingerprint density at radius 1 is 1.40 bits per heavy atom. The van der Waals surface area contributed by atoms with Crippen LogP contribution in [0.1, 0.15) is 40.2 Å². The van der Waals surface area contributed by atoms with Crippen molar-refractivity contribution in [3.8, 4) is 0 Å². The van der Waals surface area contributed by atoms with Gasteiger partial charge in [0.25, 0.3) is 0 Å². The van der Waals surface area contributed by atoms with Crippen molar-refractivity contribution in [1.82, 2.24) is 19.8 Å². The molecule has 1 N–H and O–H groups in total. The molecule has 0 saturated carbocycles. The van der Waals surface area contributed by atoms with Gasteiger partial charge < -0.3 is 14.8 Å². The van der Waals surface area contributed by atoms with Crippen LogP contribution in [0.4, 0.5) is 0 Å². The highest BCUT2D eigenvalue weighted by atomic mass is 32.2. The van der Waals surface area contributed by atoms with Crippen molar-refractivity contribution < 1.29 is 8.42 Å². The largest absolute Gasteiger partial charge is 0.355 e. The van der Waals surface area contributed by atoms with Gasteiger partial charge in [-0.1, -0.05) is 6.92 Å². The van der Waals surface area contributed by atoms with Crippen LogP contribution in [0.2, 0.25) is 0 Å². The number of guanidine groups is 1. The first kappa shape index (κ1) is 19.8. The van der Waals surface area contributed by atoms with E-state index in [1.54, 1.807) is 34.0 Å². The molecule has 0 spiro atoms. The van der Waals surface area contributed by atoms with Gasteiger partial charge in [0, 0.05) is 39.1 Å². The first-order valence-corrected chi connectivity index (χ1v) is 10.5. The molecule has 0 aliphatic carbocycles. The van der Waals surface area contributed by atoms with Crippen LogP contribution in [0.25, 0.3) is 0 Å². The highest BCUT2D eigenvalue weighted by Crippen LogP contribution is 2.27. The van der Waals surface area contributed by atoms with Gasteiger partial charge in [-0.05, 0) is 33.1 Å². The van der Waals surface area contributed by atoms with Gasteiger partial charge in [-0.15, -0.1) is 0 Å². The number of hydrogen-bond acceptors (Lipinski definition) is 4. The smallest absolute Gasteiger partial charge is 0.193 e. The summed E-state index contributed by atoms with van der Waals surface area (Å²) in [6.45, 7) is 9.58. The maximum Gasteiger partial charge on any atom is 0.193 e. The molecule has 2 unspecified atom stereocenters. The standard InChI is InChI=1S/C17H31N5O2S/c1-14-6-9-21(12-15(14)22-10-7-19-13-22)16(18-5)20-8-11-25(23,24)17(2,3)4/h7,10,13-15H,6,8-9,11-12H2,1-5H3,(H,18,20). The molecule has 25 heavy (non-hydrogen) atoms. The quantitative estimate of drug-likeness (QED) is 0.643. The van der Waals surface area contributed by atoms with E-state index in [1.807, 2.05) is 12.5 Å². The van der Waals surface area contributed by atoms with Crippen molar-refractivity contribution in [3.63, 3.8) is 0 Å². The molecule has 2 heterocycles. The number of likely N-dealkylation sites (tertiary alicyclic amines) is 1. The SMILES string of the molecule is CN=C(NCCS(=O)(=O)C(C)(C)C)N1CCC(C)C(n2ccnc2)C1. The van der Waals surface area contributed by atoms with Crippen molar-refractivity contribution >= 4 is 15.8 Å². The number of hydrogen-bond donors (Lipinski definition) is 1. The predicted molar refractivity (Wildman–Crippen MR) is 102 cm³/mol. The van der Waals surface area contributed by atoms with Gasteiger partial charge >= 0.3 is 0 Å². The molecular formula is C17H31N5O2S. The Morgan fingerprint density at radius 3 is 2.68 bits per heavy atom. The maximum absolute atomic E-state index is 12.2. The van der Waals surface area contributed by atoms with E-state index < -0.39 is 14.6 Å². The molecule has 1 aromatic rings. The molecule has 0 aromatic carbocycles. The lowest BCUT2D eigenvalue weighted by Gasteiger charge is -2.39. The van der Waals surface area contributed by atoms with Crippen molar-refractivity contribution in [2.45, 2.75) is 44.9 Å². The monoisotopic (exact) mass is 369 g/mol. The third-order valence-corrected chi connectivity index (χ3v) is 7.53. The minimum Gasteiger partial charge on any atom is -0.355 e. The molecule has 1 fully saturated rings. The number of piperidine rings is 1. The summed E-state index contributed by atoms with van der Waals surface area (Å²) in [5.41, 5.74) is 0. The molecule has 1 saturated heterocycles. The van der Waals surface area contributed by atoms with Gasteiger partial charge in [-0.2, -0.15) is 0 Å². The lowest BCUT2D eigenvalue weighted by atomic mass is 9.93. The topological polar surface area (TPSA) is 79.6 Å². The zero-order valence-electron chi connectivity index (χ0n) is 15.9. The van der Waals surface area contributed by atoms with E-state index in [4.69, 9.17) is 0 Å². The third-order valence-electron chi connectivity index (χ3n) is 4.92. The Morgan fingerprint density at radius 2 is 2.12 bits per heavy atom. The summed E-state index contributed by atoms with van der Waals surface area (Å²) < 4.78 is 25.9. The summed E-state index contributed by atoms with van der Waals surface area (Å²) >= 11 is 0. The molecule has 7 nitrogen and oxygen atoms in total. The van der Waals surface area contributed by atoms with Crippen LogP contribution >= 0.6 is 0 Å². The van der Waals surface area contributed by atoms with E-state index in [2.05, 4.69) is 31.7 Å². The number of sulfone groups is 1. The fourth-order valence-electron chi connectivity index (χ4n) is 3.03. The van der Waals surface area contributed by atoms with Crippen LogP contribution in [-0.2, 0) is 9.84 Å². The summed E-state index contributed by atoms with van der Waals surface area (Å²) in [7, 11) is -1.39. The van der Waals surface area contributed by atoms with Crippen molar-refractivity contribution in [2.75, 3.05) is 32.4 Å². The molecule has 1 aromatic heterocycles. The number of aliphatic imine (C=N–C) groups is 1. The predicted octanol–water partition coefficient (Wildman–Crippen LogP) is 1.55. The molecule has 0 amide bonds. The van der Waals surface area contributed by atoms with Crippen molar-refractivity contribution in [3.05, 3.63) is 18.7 Å². The summed E-state index contributed by atoms with van der Waals surface area (Å²) in [4.78, 5) is 10.7. The zero-order chi connectivity index (χ0) is 18.7. The summed E-state index contributed by atoms with van der Waals surface area (Å²) in [5.74, 6) is 1.43. The molecule has 142 valence electrons. The molecule has 0 radical (unpaired) electrons. The van der Waals surface area contributed by atoms with Gasteiger partial charge in [0.05, 0.1) is 22.9 Å². The van der Waals surface area contributed by atoms with Crippen LogP contribution in [0.3, 0.4) is 0 Å². The van der Waals surface area contributed by atoms with Crippen LogP contribution < -0.4 is 5.32 Å². The third kappa shape index (κ3) is 4.74. The normalized spacial score (nSPS) is 22.9. The Kier molecular flexibility index (Phi) is 6.13. The fourth-order valence-corrected chi connectivity index (χ4v) is 4.01. The maximum atomic E-state index is 12.2. The van der Waals surface area contributed by atoms with Gasteiger partial charge in [0.15, 0.2) is 15.8 Å². The summed E-state index contributed by atoms with van der Waals surface area (Å²) in [6, 6.07) is 0.341. The minimum absolute atomic E-state index is 0.102. The van der Waals surface area contributed by atoms with E-state index in [9.17, 15) is 8.42 Å². The fraction of sp³-hybridized carbons (Fsp3) is 0.765. The number of aromatic nitrogens is 2. The lowest BCUT2D eigenvalue weighted by Crippen LogP contribution is -2.50. The second kappa shape index (κ2) is 7.76. The Bertz CT molecular complexity index is 676. The summed E-state index contributed by atoms with van der Waals surface area (Å²) in [5, 5.41) is 3.22. The van der Waals surface area contributed by atoms with E-state index in [0.29, 0.717) is 18.5 Å². The molecule has 2 rings (SSSR count). The van der Waals surface area contributed by atoms with Crippen LogP contribution in [-0.4, -0.2) is 66.0 Å². The first-order chi connectivity index (χ1) is 11.7. The molecule has 0 bridgehead atoms. The second-order valence-electron chi connectivity index (χ2n) is 7.69. The van der Waals surface area contributed by atoms with Gasteiger partial charge in [-0.25, -0.2) is 13.4 Å². The van der Waals surface area contributed by atoms with E-state index in [-0.39, 0.29) is 5.75 Å². The average Bonchev–Trinajstić information content (AvgIpc) is 3.05. The molecular weight excluding hydrogens is 338 g/mol. The van der Waals surface area contributed by atoms with Crippen molar-refractivity contribution in [2.24, 2.45) is 10.9 Å². The molecule has 8 heteroatoms. The van der Waals surface area contributed by atoms with Crippen LogP contribution in [0, 0.1) is 5.92 Å². The molecule has 1 aliphatic rings. The Labute approximate surface area is 151 Å². The minimum atomic E-state index is -3.14. The Balaban J connectivity index is 1.97. The Hall–Kier alpha value is -1.57.